The fraction of sp³-hybridized carbons (Fsp3) is 0.400. The van der Waals surface area contributed by atoms with Crippen LogP contribution in [0.5, 0.6) is 0 Å². The molecule has 1 atom stereocenters. The van der Waals surface area contributed by atoms with Crippen LogP contribution in [0.25, 0.3) is 28.2 Å². The molecule has 2 aromatic carbocycles. The number of carbonyl (C=O) groups is 2. The fourth-order valence-electron chi connectivity index (χ4n) is 6.46. The molecule has 5 heteroatoms. The minimum atomic E-state index is -0.923. The van der Waals surface area contributed by atoms with Crippen LogP contribution in [0.4, 0.5) is 0 Å². The first-order valence-electron chi connectivity index (χ1n) is 13.0. The molecule has 0 unspecified atom stereocenters. The summed E-state index contributed by atoms with van der Waals surface area (Å²) in [5.74, 6) is 0.153. The maximum atomic E-state index is 13.7. The van der Waals surface area contributed by atoms with Crippen molar-refractivity contribution in [3.63, 3.8) is 0 Å². The van der Waals surface area contributed by atoms with E-state index in [0.717, 1.165) is 60.0 Å². The number of aromatic nitrogens is 1. The van der Waals surface area contributed by atoms with Gasteiger partial charge in [-0.1, -0.05) is 56.5 Å². The van der Waals surface area contributed by atoms with Gasteiger partial charge in [0.05, 0.1) is 17.8 Å². The van der Waals surface area contributed by atoms with Crippen molar-refractivity contribution in [1.82, 2.24) is 9.47 Å². The lowest BCUT2D eigenvalue weighted by atomic mass is 9.81. The van der Waals surface area contributed by atoms with Crippen molar-refractivity contribution < 1.29 is 14.7 Å². The average Bonchev–Trinajstić information content (AvgIpc) is 3.39. The lowest BCUT2D eigenvalue weighted by Crippen LogP contribution is -2.31. The summed E-state index contributed by atoms with van der Waals surface area (Å²) in [5, 5.41) is 10.9. The van der Waals surface area contributed by atoms with Gasteiger partial charge in [0.2, 0.25) is 0 Å². The Morgan fingerprint density at radius 3 is 2.54 bits per heavy atom. The lowest BCUT2D eigenvalue weighted by Gasteiger charge is -2.24. The van der Waals surface area contributed by atoms with Gasteiger partial charge in [-0.3, -0.25) is 4.79 Å². The standard InChI is InChI=1S/C30H32N2O3/c1-19-13-14-31(17-19)29(33)23-15-21-9-5-6-10-24(21)28-27(20-7-3-2-4-8-20)25-12-11-22(30(34)35)16-26(25)32(28)18-23/h5-6,9-12,15-16,19-20H,2-4,7-8,13-14,17-18H2,1H3,(H,34,35)/t19-/m0/s1. The van der Waals surface area contributed by atoms with E-state index in [9.17, 15) is 14.7 Å². The summed E-state index contributed by atoms with van der Waals surface area (Å²) in [6, 6.07) is 13.9. The minimum Gasteiger partial charge on any atom is -0.478 e. The summed E-state index contributed by atoms with van der Waals surface area (Å²) in [4.78, 5) is 27.6. The number of fused-ring (bicyclic) bond motifs is 5. The second kappa shape index (κ2) is 8.71. The fourth-order valence-corrected chi connectivity index (χ4v) is 6.46. The van der Waals surface area contributed by atoms with E-state index in [-0.39, 0.29) is 11.5 Å². The van der Waals surface area contributed by atoms with E-state index >= 15 is 0 Å². The third-order valence-electron chi connectivity index (χ3n) is 8.22. The number of carbonyl (C=O) groups excluding carboxylic acids is 1. The molecule has 2 fully saturated rings. The van der Waals surface area contributed by atoms with Crippen molar-refractivity contribution in [1.29, 1.82) is 0 Å². The SMILES string of the molecule is C[C@H]1CCN(C(=O)C2=Cc3ccccc3-c3c(C4CCCCC4)c4ccc(C(=O)O)cc4n3C2)C1. The molecule has 3 aliphatic rings. The Balaban J connectivity index is 1.59. The van der Waals surface area contributed by atoms with Gasteiger partial charge in [0.15, 0.2) is 0 Å². The van der Waals surface area contributed by atoms with Crippen LogP contribution in [0.2, 0.25) is 0 Å². The van der Waals surface area contributed by atoms with Crippen LogP contribution in [-0.4, -0.2) is 39.5 Å². The highest BCUT2D eigenvalue weighted by molar-refractivity contribution is 6.03. The first kappa shape index (κ1) is 22.1. The molecule has 1 amide bonds. The Morgan fingerprint density at radius 1 is 1.00 bits per heavy atom. The van der Waals surface area contributed by atoms with Gasteiger partial charge in [-0.25, -0.2) is 4.79 Å². The number of amides is 1. The van der Waals surface area contributed by atoms with Gasteiger partial charge < -0.3 is 14.6 Å². The van der Waals surface area contributed by atoms with Gasteiger partial charge in [0.1, 0.15) is 0 Å². The highest BCUT2D eigenvalue weighted by Crippen LogP contribution is 2.46. The molecule has 3 aromatic rings. The lowest BCUT2D eigenvalue weighted by molar-refractivity contribution is -0.126. The van der Waals surface area contributed by atoms with Crippen LogP contribution in [0.1, 0.15) is 72.9 Å². The number of likely N-dealkylation sites (tertiary alicyclic amines) is 1. The normalized spacial score (nSPS) is 20.3. The molecule has 1 saturated carbocycles. The van der Waals surface area contributed by atoms with E-state index in [1.165, 1.54) is 30.5 Å². The van der Waals surface area contributed by atoms with Crippen LogP contribution < -0.4 is 0 Å². The van der Waals surface area contributed by atoms with E-state index in [0.29, 0.717) is 18.4 Å². The predicted octanol–water partition coefficient (Wildman–Crippen LogP) is 6.32. The molecular weight excluding hydrogens is 436 g/mol. The van der Waals surface area contributed by atoms with Crippen LogP contribution in [0, 0.1) is 5.92 Å². The van der Waals surface area contributed by atoms with E-state index in [1.807, 2.05) is 17.0 Å². The molecule has 1 aliphatic carbocycles. The number of hydrogen-bond donors (Lipinski definition) is 1. The van der Waals surface area contributed by atoms with Crippen molar-refractivity contribution in [2.24, 2.45) is 5.92 Å². The highest BCUT2D eigenvalue weighted by atomic mass is 16.4. The first-order chi connectivity index (χ1) is 17.0. The van der Waals surface area contributed by atoms with E-state index in [1.54, 1.807) is 12.1 Å². The summed E-state index contributed by atoms with van der Waals surface area (Å²) >= 11 is 0. The van der Waals surface area contributed by atoms with Crippen LogP contribution >= 0.6 is 0 Å². The quantitative estimate of drug-likeness (QED) is 0.489. The number of carboxylic acid groups (broad SMARTS) is 1. The van der Waals surface area contributed by atoms with Crippen molar-refractivity contribution in [2.45, 2.75) is 57.9 Å². The smallest absolute Gasteiger partial charge is 0.335 e. The summed E-state index contributed by atoms with van der Waals surface area (Å²) in [6.45, 7) is 4.26. The number of hydrogen-bond acceptors (Lipinski definition) is 2. The molecule has 2 aliphatic heterocycles. The Labute approximate surface area is 206 Å². The van der Waals surface area contributed by atoms with Crippen molar-refractivity contribution in [3.05, 3.63) is 64.7 Å². The van der Waals surface area contributed by atoms with Crippen LogP contribution in [0.15, 0.2) is 48.0 Å². The Hall–Kier alpha value is -3.34. The summed E-state index contributed by atoms with van der Waals surface area (Å²) in [6.07, 6.45) is 9.15. The second-order valence-corrected chi connectivity index (χ2v) is 10.6. The van der Waals surface area contributed by atoms with Gasteiger partial charge in [-0.2, -0.15) is 0 Å². The molecule has 0 bridgehead atoms. The van der Waals surface area contributed by atoms with Crippen molar-refractivity contribution in [2.75, 3.05) is 13.1 Å². The average molecular weight is 469 g/mol. The summed E-state index contributed by atoms with van der Waals surface area (Å²) in [7, 11) is 0. The summed E-state index contributed by atoms with van der Waals surface area (Å²) in [5.41, 5.74) is 6.69. The first-order valence-corrected chi connectivity index (χ1v) is 13.0. The molecule has 1 saturated heterocycles. The molecule has 1 N–H and O–H groups in total. The minimum absolute atomic E-state index is 0.104. The number of nitrogens with zero attached hydrogens (tertiary/aromatic N) is 2. The van der Waals surface area contributed by atoms with Gasteiger partial charge in [-0.05, 0) is 60.4 Å². The van der Waals surface area contributed by atoms with Gasteiger partial charge in [0.25, 0.3) is 5.91 Å². The van der Waals surface area contributed by atoms with E-state index < -0.39 is 5.97 Å². The third-order valence-corrected chi connectivity index (χ3v) is 8.22. The number of rotatable bonds is 3. The number of aromatic carboxylic acids is 1. The molecule has 1 aromatic heterocycles. The molecule has 0 spiro atoms. The highest BCUT2D eigenvalue weighted by Gasteiger charge is 2.32. The van der Waals surface area contributed by atoms with Crippen LogP contribution in [-0.2, 0) is 11.3 Å². The molecule has 0 radical (unpaired) electrons. The largest absolute Gasteiger partial charge is 0.478 e. The van der Waals surface area contributed by atoms with E-state index in [2.05, 4.69) is 35.8 Å². The topological polar surface area (TPSA) is 62.5 Å². The summed E-state index contributed by atoms with van der Waals surface area (Å²) < 4.78 is 2.24. The van der Waals surface area contributed by atoms with Crippen molar-refractivity contribution >= 4 is 28.9 Å². The van der Waals surface area contributed by atoms with Gasteiger partial charge in [-0.15, -0.1) is 0 Å². The number of carboxylic acids is 1. The monoisotopic (exact) mass is 468 g/mol. The maximum Gasteiger partial charge on any atom is 0.335 e. The second-order valence-electron chi connectivity index (χ2n) is 10.6. The zero-order chi connectivity index (χ0) is 24.1. The predicted molar refractivity (Wildman–Crippen MR) is 138 cm³/mol. The van der Waals surface area contributed by atoms with Crippen LogP contribution in [0.3, 0.4) is 0 Å². The molecule has 35 heavy (non-hydrogen) atoms. The third kappa shape index (κ3) is 3.78. The zero-order valence-electron chi connectivity index (χ0n) is 20.3. The molecule has 6 rings (SSSR count). The Morgan fingerprint density at radius 2 is 1.80 bits per heavy atom. The number of benzene rings is 2. The zero-order valence-corrected chi connectivity index (χ0v) is 20.3. The maximum absolute atomic E-state index is 13.7. The van der Waals surface area contributed by atoms with Gasteiger partial charge >= 0.3 is 5.97 Å². The molecule has 5 nitrogen and oxygen atoms in total. The molecule has 3 heterocycles. The van der Waals surface area contributed by atoms with E-state index in [4.69, 9.17) is 0 Å². The molecular formula is C30H32N2O3. The Kier molecular flexibility index (Phi) is 5.51. The Bertz CT molecular complexity index is 1360. The van der Waals surface area contributed by atoms with Crippen molar-refractivity contribution in [3.8, 4) is 11.3 Å². The van der Waals surface area contributed by atoms with Gasteiger partial charge in [0, 0.05) is 35.1 Å². The molecule has 180 valence electrons.